The van der Waals surface area contributed by atoms with Crippen LogP contribution in [0.25, 0.3) is 5.57 Å². The molecule has 1 aliphatic heterocycles. The van der Waals surface area contributed by atoms with Crippen LogP contribution >= 0.6 is 11.3 Å². The van der Waals surface area contributed by atoms with Crippen LogP contribution in [0.5, 0.6) is 0 Å². The minimum atomic E-state index is -0.354. The molecule has 0 amide bonds. The van der Waals surface area contributed by atoms with Gasteiger partial charge in [-0.25, -0.2) is 14.8 Å². The summed E-state index contributed by atoms with van der Waals surface area (Å²) in [6.45, 7) is 7.73. The molecule has 8 heteroatoms. The molecular formula is C25H36N4O3S. The molecular weight excluding hydrogens is 436 g/mol. The molecule has 180 valence electrons. The largest absolute Gasteiger partial charge is 0.465 e. The van der Waals surface area contributed by atoms with Gasteiger partial charge in [0.2, 0.25) is 0 Å². The number of pyridine rings is 1. The van der Waals surface area contributed by atoms with Crippen molar-refractivity contribution in [2.45, 2.75) is 52.5 Å². The number of esters is 1. The SMILES string of the molecule is COC(=O)c1csc(C(CCC(N)c2c(C)cc(C)[nH]c2=O)=C2CCN(N(C)C)CC2)c1C. The highest BCUT2D eigenvalue weighted by Gasteiger charge is 2.24. The molecule has 0 aromatic carbocycles. The Morgan fingerprint density at radius 2 is 1.94 bits per heavy atom. The fourth-order valence-corrected chi connectivity index (χ4v) is 5.90. The maximum absolute atomic E-state index is 12.6. The zero-order chi connectivity index (χ0) is 24.3. The monoisotopic (exact) mass is 472 g/mol. The molecule has 1 aliphatic rings. The highest BCUT2D eigenvalue weighted by atomic mass is 32.1. The number of nitrogens with one attached hydrogen (secondary N) is 1. The lowest BCUT2D eigenvalue weighted by atomic mass is 9.90. The molecule has 3 rings (SSSR count). The maximum atomic E-state index is 12.6. The Hall–Kier alpha value is -2.26. The molecule has 3 heterocycles. The molecule has 1 fully saturated rings. The van der Waals surface area contributed by atoms with Crippen LogP contribution in [-0.2, 0) is 4.74 Å². The van der Waals surface area contributed by atoms with E-state index in [0.717, 1.165) is 54.0 Å². The molecule has 1 saturated heterocycles. The second-order valence-electron chi connectivity index (χ2n) is 9.00. The molecule has 0 radical (unpaired) electrons. The van der Waals surface area contributed by atoms with E-state index in [1.165, 1.54) is 18.3 Å². The second kappa shape index (κ2) is 10.8. The van der Waals surface area contributed by atoms with Crippen LogP contribution in [0.15, 0.2) is 21.8 Å². The first-order valence-electron chi connectivity index (χ1n) is 11.4. The summed E-state index contributed by atoms with van der Waals surface area (Å²) in [5.74, 6) is -0.305. The number of carbonyl (C=O) groups excluding carboxylic acids is 1. The smallest absolute Gasteiger partial charge is 0.338 e. The number of aromatic amines is 1. The number of nitrogens with two attached hydrogens (primary N) is 1. The van der Waals surface area contributed by atoms with E-state index in [9.17, 15) is 9.59 Å². The number of H-pyrrole nitrogens is 1. The molecule has 2 aromatic rings. The van der Waals surface area contributed by atoms with E-state index in [4.69, 9.17) is 10.5 Å². The Morgan fingerprint density at radius 3 is 2.52 bits per heavy atom. The number of methoxy groups -OCH3 is 1. The fraction of sp³-hybridized carbons (Fsp3) is 0.520. The van der Waals surface area contributed by atoms with Gasteiger partial charge in [-0.1, -0.05) is 5.57 Å². The van der Waals surface area contributed by atoms with Crippen LogP contribution in [-0.4, -0.2) is 55.3 Å². The first-order valence-corrected chi connectivity index (χ1v) is 12.3. The first-order chi connectivity index (χ1) is 15.6. The molecule has 7 nitrogen and oxygen atoms in total. The third-order valence-electron chi connectivity index (χ3n) is 6.54. The van der Waals surface area contributed by atoms with Gasteiger partial charge in [-0.15, -0.1) is 11.3 Å². The Labute approximate surface area is 200 Å². The summed E-state index contributed by atoms with van der Waals surface area (Å²) in [5.41, 5.74) is 13.1. The number of aromatic nitrogens is 1. The first kappa shape index (κ1) is 25.4. The minimum absolute atomic E-state index is 0.103. The number of hydrazine groups is 1. The van der Waals surface area contributed by atoms with Crippen LogP contribution in [0.3, 0.4) is 0 Å². The minimum Gasteiger partial charge on any atom is -0.465 e. The van der Waals surface area contributed by atoms with Crippen molar-refractivity contribution in [3.8, 4) is 0 Å². The van der Waals surface area contributed by atoms with Crippen molar-refractivity contribution in [2.75, 3.05) is 34.3 Å². The van der Waals surface area contributed by atoms with Crippen molar-refractivity contribution in [2.24, 2.45) is 5.73 Å². The number of hydrogen-bond donors (Lipinski definition) is 2. The third-order valence-corrected chi connectivity index (χ3v) is 7.69. The Bertz CT molecular complexity index is 1090. The molecule has 0 bridgehead atoms. The van der Waals surface area contributed by atoms with Crippen molar-refractivity contribution >= 4 is 22.9 Å². The summed E-state index contributed by atoms with van der Waals surface area (Å²) >= 11 is 1.59. The van der Waals surface area contributed by atoms with Crippen LogP contribution in [0, 0.1) is 20.8 Å². The maximum Gasteiger partial charge on any atom is 0.338 e. The second-order valence-corrected chi connectivity index (χ2v) is 9.88. The molecule has 0 saturated carbocycles. The zero-order valence-corrected chi connectivity index (χ0v) is 21.4. The fourth-order valence-electron chi connectivity index (χ4n) is 4.71. The highest BCUT2D eigenvalue weighted by molar-refractivity contribution is 7.11. The number of aryl methyl sites for hydroxylation is 2. The molecule has 1 atom stereocenters. The van der Waals surface area contributed by atoms with Crippen LogP contribution in [0.1, 0.15) is 69.3 Å². The van der Waals surface area contributed by atoms with E-state index in [1.54, 1.807) is 11.3 Å². The van der Waals surface area contributed by atoms with Crippen molar-refractivity contribution in [3.63, 3.8) is 0 Å². The molecule has 2 aromatic heterocycles. The van der Waals surface area contributed by atoms with Crippen LogP contribution in [0.2, 0.25) is 0 Å². The van der Waals surface area contributed by atoms with Gasteiger partial charge in [-0.2, -0.15) is 0 Å². The number of ether oxygens (including phenoxy) is 1. The number of rotatable bonds is 7. The topological polar surface area (TPSA) is 91.7 Å². The predicted molar refractivity (Wildman–Crippen MR) is 135 cm³/mol. The number of hydrogen-bond acceptors (Lipinski definition) is 7. The van der Waals surface area contributed by atoms with E-state index in [1.807, 2.05) is 32.2 Å². The van der Waals surface area contributed by atoms with E-state index >= 15 is 0 Å². The van der Waals surface area contributed by atoms with Gasteiger partial charge >= 0.3 is 5.97 Å². The lowest BCUT2D eigenvalue weighted by Crippen LogP contribution is -2.41. The van der Waals surface area contributed by atoms with Crippen molar-refractivity contribution in [1.82, 2.24) is 15.0 Å². The molecule has 0 spiro atoms. The highest BCUT2D eigenvalue weighted by Crippen LogP contribution is 2.38. The molecule has 0 aliphatic carbocycles. The predicted octanol–water partition coefficient (Wildman–Crippen LogP) is 3.95. The van der Waals surface area contributed by atoms with Gasteiger partial charge < -0.3 is 15.5 Å². The summed E-state index contributed by atoms with van der Waals surface area (Å²) in [4.78, 5) is 28.8. The summed E-state index contributed by atoms with van der Waals surface area (Å²) < 4.78 is 4.97. The Morgan fingerprint density at radius 1 is 1.27 bits per heavy atom. The average molecular weight is 473 g/mol. The van der Waals surface area contributed by atoms with Crippen molar-refractivity contribution < 1.29 is 9.53 Å². The summed E-state index contributed by atoms with van der Waals surface area (Å²) in [6, 6.07) is 1.62. The summed E-state index contributed by atoms with van der Waals surface area (Å²) in [7, 11) is 5.56. The van der Waals surface area contributed by atoms with Gasteiger partial charge in [0, 0.05) is 54.7 Å². The van der Waals surface area contributed by atoms with Gasteiger partial charge in [-0.05, 0) is 69.2 Å². The van der Waals surface area contributed by atoms with Crippen molar-refractivity contribution in [1.29, 1.82) is 0 Å². The standard InChI is InChI=1S/C25H36N4O3S/c1-15-13-16(2)27-24(30)22(15)21(26)8-7-19(18-9-11-29(12-10-18)28(4)5)23-17(3)20(14-33-23)25(31)32-6/h13-14,21H,7-12,26H2,1-6H3,(H,27,30). The Kier molecular flexibility index (Phi) is 8.28. The Balaban J connectivity index is 1.92. The van der Waals surface area contributed by atoms with Gasteiger partial charge in [0.1, 0.15) is 0 Å². The van der Waals surface area contributed by atoms with Gasteiger partial charge in [-0.3, -0.25) is 4.79 Å². The quantitative estimate of drug-likeness (QED) is 0.593. The summed E-state index contributed by atoms with van der Waals surface area (Å²) in [6.07, 6.45) is 3.36. The summed E-state index contributed by atoms with van der Waals surface area (Å²) in [5, 5.41) is 6.37. The lowest BCUT2D eigenvalue weighted by Gasteiger charge is -2.34. The van der Waals surface area contributed by atoms with Crippen molar-refractivity contribution in [3.05, 3.63) is 60.2 Å². The van der Waals surface area contributed by atoms with Gasteiger partial charge in [0.05, 0.1) is 12.7 Å². The van der Waals surface area contributed by atoms with E-state index in [2.05, 4.69) is 29.1 Å². The lowest BCUT2D eigenvalue weighted by molar-refractivity contribution is 0.0178. The molecule has 33 heavy (non-hydrogen) atoms. The average Bonchev–Trinajstić information content (AvgIpc) is 3.14. The number of piperidine rings is 1. The molecule has 3 N–H and O–H groups in total. The van der Waals surface area contributed by atoms with Crippen LogP contribution < -0.4 is 11.3 Å². The normalized spacial score (nSPS) is 15.7. The zero-order valence-electron chi connectivity index (χ0n) is 20.6. The van der Waals surface area contributed by atoms with E-state index < -0.39 is 0 Å². The number of nitrogens with zero attached hydrogens (tertiary/aromatic N) is 2. The van der Waals surface area contributed by atoms with E-state index in [0.29, 0.717) is 17.5 Å². The number of carbonyl (C=O) groups is 1. The molecule has 1 unspecified atom stereocenters. The van der Waals surface area contributed by atoms with Crippen LogP contribution in [0.4, 0.5) is 0 Å². The number of thiophene rings is 1. The van der Waals surface area contributed by atoms with Gasteiger partial charge in [0.15, 0.2) is 0 Å². The van der Waals surface area contributed by atoms with E-state index in [-0.39, 0.29) is 17.6 Å². The third kappa shape index (κ3) is 5.63. The van der Waals surface area contributed by atoms with Gasteiger partial charge in [0.25, 0.3) is 5.56 Å². The number of allylic oxidation sites excluding steroid dienone is 1.